The molecule has 1 fully saturated rings. The molecule has 0 saturated carbocycles. The third-order valence-electron chi connectivity index (χ3n) is 5.30. The molecule has 7 heteroatoms. The fraction of sp³-hybridized carbons (Fsp3) is 0.304. The normalized spacial score (nSPS) is 14.2. The van der Waals surface area contributed by atoms with E-state index in [-0.39, 0.29) is 23.7 Å². The minimum atomic E-state index is -0.708. The molecule has 0 spiro atoms. The summed E-state index contributed by atoms with van der Waals surface area (Å²) in [7, 11) is 0. The number of carbonyl (C=O) groups excluding carboxylic acids is 1. The first-order valence-corrected chi connectivity index (χ1v) is 9.99. The minimum absolute atomic E-state index is 0.0478. The minimum Gasteiger partial charge on any atom is -0.441 e. The highest BCUT2D eigenvalue weighted by Crippen LogP contribution is 2.25. The zero-order valence-corrected chi connectivity index (χ0v) is 16.8. The molecule has 156 valence electrons. The van der Waals surface area contributed by atoms with Gasteiger partial charge in [-0.05, 0) is 36.8 Å². The fourth-order valence-corrected chi connectivity index (χ4v) is 3.65. The number of amides is 1. The number of piperazine rings is 1. The summed E-state index contributed by atoms with van der Waals surface area (Å²) in [5, 5.41) is 0. The molecule has 0 atom stereocenters. The number of aryl methyl sites for hydroxylation is 2. The molecular formula is C23H23F2N3O2. The number of carbonyl (C=O) groups is 1. The molecule has 1 amide bonds. The number of benzene rings is 2. The SMILES string of the molecule is Cc1cccc(N2CCN(C(=O)CCc3ncc(-c4ccc(F)cc4F)o3)CC2)c1. The topological polar surface area (TPSA) is 49.6 Å². The van der Waals surface area contributed by atoms with Crippen molar-refractivity contribution in [2.24, 2.45) is 0 Å². The number of nitrogens with zero attached hydrogens (tertiary/aromatic N) is 3. The van der Waals surface area contributed by atoms with Gasteiger partial charge in [-0.1, -0.05) is 12.1 Å². The standard InChI is InChI=1S/C23H23F2N3O2/c1-16-3-2-4-18(13-16)27-9-11-28(12-10-27)23(29)8-7-22-26-15-21(30-22)19-6-5-17(24)14-20(19)25/h2-6,13-15H,7-12H2,1H3. The van der Waals surface area contributed by atoms with Gasteiger partial charge in [0.05, 0.1) is 11.8 Å². The van der Waals surface area contributed by atoms with Gasteiger partial charge >= 0.3 is 0 Å². The van der Waals surface area contributed by atoms with Crippen LogP contribution in [0.2, 0.25) is 0 Å². The highest BCUT2D eigenvalue weighted by Gasteiger charge is 2.22. The van der Waals surface area contributed by atoms with E-state index in [1.54, 1.807) is 0 Å². The van der Waals surface area contributed by atoms with E-state index in [4.69, 9.17) is 4.42 Å². The molecule has 2 heterocycles. The first-order valence-electron chi connectivity index (χ1n) is 9.99. The maximum atomic E-state index is 13.9. The van der Waals surface area contributed by atoms with E-state index in [0.717, 1.165) is 19.2 Å². The summed E-state index contributed by atoms with van der Waals surface area (Å²) in [5.41, 5.74) is 2.55. The van der Waals surface area contributed by atoms with E-state index in [1.807, 2.05) is 11.0 Å². The maximum absolute atomic E-state index is 13.9. The Hall–Kier alpha value is -3.22. The second-order valence-electron chi connectivity index (χ2n) is 7.45. The number of halogens is 2. The van der Waals surface area contributed by atoms with Crippen LogP contribution in [0.1, 0.15) is 17.9 Å². The van der Waals surface area contributed by atoms with Gasteiger partial charge in [-0.2, -0.15) is 0 Å². The average Bonchev–Trinajstić information content (AvgIpc) is 3.21. The van der Waals surface area contributed by atoms with Gasteiger partial charge in [0.25, 0.3) is 0 Å². The molecule has 30 heavy (non-hydrogen) atoms. The Labute approximate surface area is 173 Å². The molecule has 4 rings (SSSR count). The van der Waals surface area contributed by atoms with Crippen molar-refractivity contribution in [3.63, 3.8) is 0 Å². The van der Waals surface area contributed by atoms with Crippen LogP contribution >= 0.6 is 0 Å². The Balaban J connectivity index is 1.30. The van der Waals surface area contributed by atoms with Crippen LogP contribution in [0.5, 0.6) is 0 Å². The smallest absolute Gasteiger partial charge is 0.223 e. The van der Waals surface area contributed by atoms with Crippen LogP contribution < -0.4 is 4.90 Å². The first-order chi connectivity index (χ1) is 14.5. The maximum Gasteiger partial charge on any atom is 0.223 e. The molecule has 5 nitrogen and oxygen atoms in total. The van der Waals surface area contributed by atoms with Crippen molar-refractivity contribution in [3.05, 3.63) is 71.8 Å². The lowest BCUT2D eigenvalue weighted by Crippen LogP contribution is -2.48. The monoisotopic (exact) mass is 411 g/mol. The Morgan fingerprint density at radius 3 is 2.63 bits per heavy atom. The van der Waals surface area contributed by atoms with Crippen molar-refractivity contribution in [2.45, 2.75) is 19.8 Å². The van der Waals surface area contributed by atoms with Crippen molar-refractivity contribution in [2.75, 3.05) is 31.1 Å². The molecule has 0 radical (unpaired) electrons. The number of aromatic nitrogens is 1. The van der Waals surface area contributed by atoms with Gasteiger partial charge in [0.2, 0.25) is 5.91 Å². The fourth-order valence-electron chi connectivity index (χ4n) is 3.65. The van der Waals surface area contributed by atoms with Crippen molar-refractivity contribution in [1.29, 1.82) is 0 Å². The van der Waals surface area contributed by atoms with Crippen LogP contribution in [0.25, 0.3) is 11.3 Å². The highest BCUT2D eigenvalue weighted by atomic mass is 19.1. The lowest BCUT2D eigenvalue weighted by atomic mass is 10.2. The van der Waals surface area contributed by atoms with E-state index in [2.05, 4.69) is 35.0 Å². The summed E-state index contributed by atoms with van der Waals surface area (Å²) in [6.07, 6.45) is 2.01. The number of hydrogen-bond acceptors (Lipinski definition) is 4. The molecule has 2 aromatic carbocycles. The Morgan fingerprint density at radius 2 is 1.90 bits per heavy atom. The zero-order valence-electron chi connectivity index (χ0n) is 16.8. The predicted molar refractivity (Wildman–Crippen MR) is 110 cm³/mol. The van der Waals surface area contributed by atoms with Gasteiger partial charge in [0, 0.05) is 50.8 Å². The summed E-state index contributed by atoms with van der Waals surface area (Å²) in [4.78, 5) is 20.8. The molecule has 1 aliphatic heterocycles. The molecule has 1 aliphatic rings. The van der Waals surface area contributed by atoms with Crippen molar-refractivity contribution in [3.8, 4) is 11.3 Å². The second-order valence-corrected chi connectivity index (χ2v) is 7.45. The van der Waals surface area contributed by atoms with Crippen LogP contribution in [0.15, 0.2) is 53.1 Å². The molecule has 1 aromatic heterocycles. The third kappa shape index (κ3) is 4.50. The summed E-state index contributed by atoms with van der Waals surface area (Å²) in [6, 6.07) is 11.6. The van der Waals surface area contributed by atoms with Gasteiger partial charge in [0.1, 0.15) is 11.6 Å². The summed E-state index contributed by atoms with van der Waals surface area (Å²) in [6.45, 7) is 5.00. The number of anilines is 1. The summed E-state index contributed by atoms with van der Waals surface area (Å²) < 4.78 is 32.5. The Kier molecular flexibility index (Phi) is 5.79. The predicted octanol–water partition coefficient (Wildman–Crippen LogP) is 4.21. The van der Waals surface area contributed by atoms with Crippen molar-refractivity contribution in [1.82, 2.24) is 9.88 Å². The second kappa shape index (κ2) is 8.65. The Bertz CT molecular complexity index is 1040. The van der Waals surface area contributed by atoms with Gasteiger partial charge in [-0.3, -0.25) is 4.79 Å². The van der Waals surface area contributed by atoms with E-state index >= 15 is 0 Å². The molecular weight excluding hydrogens is 388 g/mol. The van der Waals surface area contributed by atoms with E-state index in [1.165, 1.54) is 29.6 Å². The van der Waals surface area contributed by atoms with Crippen LogP contribution in [0.3, 0.4) is 0 Å². The Morgan fingerprint density at radius 1 is 1.10 bits per heavy atom. The summed E-state index contributed by atoms with van der Waals surface area (Å²) in [5.74, 6) is -0.724. The van der Waals surface area contributed by atoms with Gasteiger partial charge in [-0.15, -0.1) is 0 Å². The van der Waals surface area contributed by atoms with E-state index in [9.17, 15) is 13.6 Å². The molecule has 0 N–H and O–H groups in total. The molecule has 0 bridgehead atoms. The molecule has 1 saturated heterocycles. The third-order valence-corrected chi connectivity index (χ3v) is 5.30. The van der Waals surface area contributed by atoms with Crippen molar-refractivity contribution < 1.29 is 18.0 Å². The van der Waals surface area contributed by atoms with Gasteiger partial charge in [-0.25, -0.2) is 13.8 Å². The van der Waals surface area contributed by atoms with Crippen LogP contribution in [0.4, 0.5) is 14.5 Å². The highest BCUT2D eigenvalue weighted by molar-refractivity contribution is 5.76. The van der Waals surface area contributed by atoms with Crippen LogP contribution in [-0.2, 0) is 11.2 Å². The van der Waals surface area contributed by atoms with E-state index < -0.39 is 11.6 Å². The molecule has 0 aliphatic carbocycles. The lowest BCUT2D eigenvalue weighted by Gasteiger charge is -2.36. The van der Waals surface area contributed by atoms with Gasteiger partial charge in [0.15, 0.2) is 11.7 Å². The van der Waals surface area contributed by atoms with Gasteiger partial charge < -0.3 is 14.2 Å². The number of rotatable bonds is 5. The number of oxazole rings is 1. The molecule has 0 unspecified atom stereocenters. The average molecular weight is 411 g/mol. The number of hydrogen-bond donors (Lipinski definition) is 0. The first kappa shape index (κ1) is 20.1. The zero-order chi connectivity index (χ0) is 21.1. The van der Waals surface area contributed by atoms with Crippen molar-refractivity contribution >= 4 is 11.6 Å². The quantitative estimate of drug-likeness (QED) is 0.631. The lowest BCUT2D eigenvalue weighted by molar-refractivity contribution is -0.131. The van der Waals surface area contributed by atoms with Crippen LogP contribution in [0, 0.1) is 18.6 Å². The summed E-state index contributed by atoms with van der Waals surface area (Å²) >= 11 is 0. The largest absolute Gasteiger partial charge is 0.441 e. The van der Waals surface area contributed by atoms with Crippen LogP contribution in [-0.4, -0.2) is 42.0 Å². The molecule has 3 aromatic rings. The van der Waals surface area contributed by atoms with E-state index in [0.29, 0.717) is 25.4 Å².